The van der Waals surface area contributed by atoms with Gasteiger partial charge in [0.25, 0.3) is 0 Å². The van der Waals surface area contributed by atoms with Crippen molar-refractivity contribution in [3.8, 4) is 0 Å². The highest BCUT2D eigenvalue weighted by Gasteiger charge is 2.35. The molecule has 6 heteroatoms. The zero-order chi connectivity index (χ0) is 21.8. The van der Waals surface area contributed by atoms with Gasteiger partial charge < -0.3 is 9.67 Å². The lowest BCUT2D eigenvalue weighted by molar-refractivity contribution is 0.0399. The van der Waals surface area contributed by atoms with Gasteiger partial charge in [-0.25, -0.2) is 4.98 Å². The number of nitrogens with zero attached hydrogens (tertiary/aromatic N) is 4. The van der Waals surface area contributed by atoms with Crippen molar-refractivity contribution < 1.29 is 5.11 Å². The average molecular weight is 439 g/mol. The molecule has 1 saturated heterocycles. The Morgan fingerprint density at radius 2 is 1.77 bits per heavy atom. The van der Waals surface area contributed by atoms with E-state index in [0.717, 1.165) is 57.0 Å². The summed E-state index contributed by atoms with van der Waals surface area (Å²) in [5, 5.41) is 10.9. The van der Waals surface area contributed by atoms with Crippen LogP contribution < -0.4 is 0 Å². The molecule has 1 aliphatic heterocycles. The minimum Gasteiger partial charge on any atom is -0.396 e. The number of rotatable bonds is 7. The Hall–Kier alpha value is -2.21. The molecule has 1 fully saturated rings. The van der Waals surface area contributed by atoms with Gasteiger partial charge in [0.15, 0.2) is 0 Å². The summed E-state index contributed by atoms with van der Waals surface area (Å²) < 4.78 is 2.31. The SMILES string of the molecule is Cc1ccc(Cn2c(CN3CCC(CO)(Cc4cc(Cl)ccn4)CC3)cnc2C)cc1. The summed E-state index contributed by atoms with van der Waals surface area (Å²) in [6, 6.07) is 12.4. The fraction of sp³-hybridized carbons (Fsp3) is 0.440. The zero-order valence-electron chi connectivity index (χ0n) is 18.4. The van der Waals surface area contributed by atoms with Gasteiger partial charge in [0, 0.05) is 48.2 Å². The molecule has 1 aromatic carbocycles. The maximum atomic E-state index is 10.2. The molecule has 164 valence electrons. The van der Waals surface area contributed by atoms with E-state index in [1.165, 1.54) is 16.8 Å². The molecule has 1 aliphatic rings. The lowest BCUT2D eigenvalue weighted by Gasteiger charge is -2.40. The molecule has 3 heterocycles. The first-order valence-electron chi connectivity index (χ1n) is 11.0. The molecule has 0 atom stereocenters. The standard InChI is InChI=1S/C25H31ClN4O/c1-19-3-5-21(6-4-19)16-30-20(2)28-15-24(30)17-29-11-8-25(18-31,9-12-29)14-23-13-22(26)7-10-27-23/h3-7,10,13,15,31H,8-9,11-12,14,16-18H2,1-2H3. The van der Waals surface area contributed by atoms with E-state index < -0.39 is 0 Å². The van der Waals surface area contributed by atoms with Gasteiger partial charge in [0.05, 0.1) is 5.69 Å². The number of pyridine rings is 1. The summed E-state index contributed by atoms with van der Waals surface area (Å²) in [4.78, 5) is 11.5. The topological polar surface area (TPSA) is 54.2 Å². The Morgan fingerprint density at radius 3 is 2.45 bits per heavy atom. The number of imidazole rings is 1. The Morgan fingerprint density at radius 1 is 1.03 bits per heavy atom. The molecule has 0 unspecified atom stereocenters. The molecule has 0 amide bonds. The van der Waals surface area contributed by atoms with Crippen molar-refractivity contribution in [3.05, 3.63) is 82.2 Å². The summed E-state index contributed by atoms with van der Waals surface area (Å²) >= 11 is 6.13. The molecule has 4 rings (SSSR count). The molecule has 3 aromatic rings. The maximum absolute atomic E-state index is 10.2. The zero-order valence-corrected chi connectivity index (χ0v) is 19.1. The van der Waals surface area contributed by atoms with Gasteiger partial charge in [-0.3, -0.25) is 9.88 Å². The van der Waals surface area contributed by atoms with Crippen LogP contribution >= 0.6 is 11.6 Å². The van der Waals surface area contributed by atoms with Gasteiger partial charge in [0.1, 0.15) is 5.82 Å². The van der Waals surface area contributed by atoms with Crippen molar-refractivity contribution in [3.63, 3.8) is 0 Å². The molecular formula is C25H31ClN4O. The van der Waals surface area contributed by atoms with Crippen molar-refractivity contribution >= 4 is 11.6 Å². The molecule has 0 spiro atoms. The molecular weight excluding hydrogens is 408 g/mol. The lowest BCUT2D eigenvalue weighted by Crippen LogP contribution is -2.43. The van der Waals surface area contributed by atoms with E-state index in [1.54, 1.807) is 12.3 Å². The van der Waals surface area contributed by atoms with Crippen molar-refractivity contribution in [1.82, 2.24) is 19.4 Å². The molecule has 0 bridgehead atoms. The van der Waals surface area contributed by atoms with Gasteiger partial charge in [0.2, 0.25) is 0 Å². The number of aryl methyl sites for hydroxylation is 2. The van der Waals surface area contributed by atoms with E-state index in [1.807, 2.05) is 12.3 Å². The van der Waals surface area contributed by atoms with Crippen LogP contribution in [-0.2, 0) is 19.5 Å². The van der Waals surface area contributed by atoms with Crippen LogP contribution in [0.15, 0.2) is 48.8 Å². The second-order valence-electron chi connectivity index (χ2n) is 8.94. The molecule has 2 aromatic heterocycles. The third-order valence-electron chi connectivity index (χ3n) is 6.57. The first-order valence-corrected chi connectivity index (χ1v) is 11.3. The first-order chi connectivity index (χ1) is 15.0. The van der Waals surface area contributed by atoms with Crippen LogP contribution in [0.3, 0.4) is 0 Å². The van der Waals surface area contributed by atoms with Crippen molar-refractivity contribution in [1.29, 1.82) is 0 Å². The monoisotopic (exact) mass is 438 g/mol. The summed E-state index contributed by atoms with van der Waals surface area (Å²) in [5.74, 6) is 1.05. The van der Waals surface area contributed by atoms with Crippen molar-refractivity contribution in [2.45, 2.75) is 46.2 Å². The van der Waals surface area contributed by atoms with Gasteiger partial charge in [-0.15, -0.1) is 0 Å². The average Bonchev–Trinajstić information content (AvgIpc) is 3.10. The Labute approximate surface area is 189 Å². The molecule has 31 heavy (non-hydrogen) atoms. The first kappa shape index (κ1) is 22.0. The summed E-state index contributed by atoms with van der Waals surface area (Å²) in [6.07, 6.45) is 6.41. The molecule has 0 aliphatic carbocycles. The van der Waals surface area contributed by atoms with Crippen molar-refractivity contribution in [2.75, 3.05) is 19.7 Å². The fourth-order valence-electron chi connectivity index (χ4n) is 4.47. The Bertz CT molecular complexity index is 1010. The second-order valence-corrected chi connectivity index (χ2v) is 9.38. The number of aromatic nitrogens is 3. The summed E-state index contributed by atoms with van der Waals surface area (Å²) in [5.41, 5.74) is 4.65. The Kier molecular flexibility index (Phi) is 6.75. The van der Waals surface area contributed by atoms with Gasteiger partial charge >= 0.3 is 0 Å². The highest BCUT2D eigenvalue weighted by atomic mass is 35.5. The highest BCUT2D eigenvalue weighted by molar-refractivity contribution is 6.30. The minimum absolute atomic E-state index is 0.119. The van der Waals surface area contributed by atoms with Crippen LogP contribution in [0.4, 0.5) is 0 Å². The van der Waals surface area contributed by atoms with Crippen molar-refractivity contribution in [2.24, 2.45) is 5.41 Å². The van der Waals surface area contributed by atoms with E-state index in [4.69, 9.17) is 11.6 Å². The van der Waals surface area contributed by atoms with Crippen LogP contribution in [-0.4, -0.2) is 44.2 Å². The molecule has 1 N–H and O–H groups in total. The van der Waals surface area contributed by atoms with Crippen LogP contribution in [0, 0.1) is 19.3 Å². The number of piperidine rings is 1. The smallest absolute Gasteiger partial charge is 0.106 e. The maximum Gasteiger partial charge on any atom is 0.106 e. The number of hydrogen-bond acceptors (Lipinski definition) is 4. The minimum atomic E-state index is -0.119. The number of aliphatic hydroxyl groups excluding tert-OH is 1. The number of benzene rings is 1. The van der Waals surface area contributed by atoms with Gasteiger partial charge in [-0.2, -0.15) is 0 Å². The largest absolute Gasteiger partial charge is 0.396 e. The Balaban J connectivity index is 1.40. The summed E-state index contributed by atoms with van der Waals surface area (Å²) in [7, 11) is 0. The van der Waals surface area contributed by atoms with E-state index in [9.17, 15) is 5.11 Å². The van der Waals surface area contributed by atoms with E-state index >= 15 is 0 Å². The number of aliphatic hydroxyl groups is 1. The highest BCUT2D eigenvalue weighted by Crippen LogP contribution is 2.35. The fourth-order valence-corrected chi connectivity index (χ4v) is 4.65. The lowest BCUT2D eigenvalue weighted by atomic mass is 9.75. The third kappa shape index (κ3) is 5.35. The second kappa shape index (κ2) is 9.51. The van der Waals surface area contributed by atoms with Crippen LogP contribution in [0.5, 0.6) is 0 Å². The molecule has 0 radical (unpaired) electrons. The van der Waals surface area contributed by atoms with Gasteiger partial charge in [-0.05, 0) is 63.9 Å². The normalized spacial score (nSPS) is 16.5. The van der Waals surface area contributed by atoms with E-state index in [-0.39, 0.29) is 12.0 Å². The van der Waals surface area contributed by atoms with Crippen LogP contribution in [0.2, 0.25) is 5.02 Å². The van der Waals surface area contributed by atoms with E-state index in [2.05, 4.69) is 57.5 Å². The number of halogens is 1. The third-order valence-corrected chi connectivity index (χ3v) is 6.81. The molecule has 0 saturated carbocycles. The van der Waals surface area contributed by atoms with Gasteiger partial charge in [-0.1, -0.05) is 41.4 Å². The van der Waals surface area contributed by atoms with Crippen LogP contribution in [0.25, 0.3) is 0 Å². The predicted octanol–water partition coefficient (Wildman–Crippen LogP) is 4.41. The number of likely N-dealkylation sites (tertiary alicyclic amines) is 1. The van der Waals surface area contributed by atoms with Crippen LogP contribution in [0.1, 0.15) is 41.2 Å². The summed E-state index contributed by atoms with van der Waals surface area (Å²) in [6.45, 7) is 8.00. The quantitative estimate of drug-likeness (QED) is 0.593. The number of hydrogen-bond donors (Lipinski definition) is 1. The van der Waals surface area contributed by atoms with E-state index in [0.29, 0.717) is 5.02 Å². The predicted molar refractivity (Wildman–Crippen MR) is 124 cm³/mol. The molecule has 5 nitrogen and oxygen atoms in total.